The molecule has 0 aliphatic carbocycles. The molecule has 1 unspecified atom stereocenters. The Morgan fingerprint density at radius 1 is 1.06 bits per heavy atom. The van der Waals surface area contributed by atoms with Crippen LogP contribution in [0.5, 0.6) is 0 Å². The van der Waals surface area contributed by atoms with Crippen molar-refractivity contribution in [1.82, 2.24) is 15.1 Å². The fourth-order valence-electron chi connectivity index (χ4n) is 4.67. The number of amides is 5. The summed E-state index contributed by atoms with van der Waals surface area (Å²) in [5.41, 5.74) is 2.27. The van der Waals surface area contributed by atoms with E-state index in [0.717, 1.165) is 15.7 Å². The highest BCUT2D eigenvalue weighted by Crippen LogP contribution is 2.31. The van der Waals surface area contributed by atoms with Crippen molar-refractivity contribution in [2.45, 2.75) is 25.4 Å². The fourth-order valence-corrected chi connectivity index (χ4v) is 4.67. The Bertz CT molecular complexity index is 1410. The van der Waals surface area contributed by atoms with E-state index in [1.807, 2.05) is 42.5 Å². The van der Waals surface area contributed by atoms with E-state index in [9.17, 15) is 19.2 Å². The number of nitrogens with one attached hydrogen (secondary N) is 2. The number of carbonyl (C=O) groups excluding carboxylic acids is 4. The van der Waals surface area contributed by atoms with Gasteiger partial charge >= 0.3 is 6.03 Å². The smallest absolute Gasteiger partial charge is 0.321 e. The van der Waals surface area contributed by atoms with Crippen molar-refractivity contribution in [2.24, 2.45) is 0 Å². The summed E-state index contributed by atoms with van der Waals surface area (Å²) in [6.45, 7) is 3.86. The molecule has 0 spiro atoms. The summed E-state index contributed by atoms with van der Waals surface area (Å²) in [4.78, 5) is 54.4. The fraction of sp³-hybridized carbons (Fsp3) is 0.185. The minimum absolute atomic E-state index is 0.111. The van der Waals surface area contributed by atoms with Gasteiger partial charge in [0.15, 0.2) is 0 Å². The van der Waals surface area contributed by atoms with E-state index in [-0.39, 0.29) is 23.7 Å². The molecule has 3 aromatic carbocycles. The molecular weight excluding hydrogens is 444 g/mol. The van der Waals surface area contributed by atoms with Crippen LogP contribution in [0.3, 0.4) is 0 Å². The van der Waals surface area contributed by atoms with Crippen LogP contribution < -0.4 is 10.6 Å². The molecule has 5 amide bonds. The number of benzene rings is 3. The monoisotopic (exact) mass is 468 g/mol. The summed E-state index contributed by atoms with van der Waals surface area (Å²) in [5, 5.41) is 7.48. The van der Waals surface area contributed by atoms with E-state index in [4.69, 9.17) is 0 Å². The first kappa shape index (κ1) is 22.3. The van der Waals surface area contributed by atoms with Gasteiger partial charge in [-0.25, -0.2) is 4.79 Å². The van der Waals surface area contributed by atoms with E-state index in [2.05, 4.69) is 17.2 Å². The Hall–Kier alpha value is -4.46. The highest BCUT2D eigenvalue weighted by Gasteiger charge is 2.44. The number of imide groups is 1. The van der Waals surface area contributed by atoms with Gasteiger partial charge in [-0.15, -0.1) is 0 Å². The molecule has 0 aromatic heterocycles. The maximum atomic E-state index is 13.3. The minimum Gasteiger partial charge on any atom is -0.329 e. The Balaban J connectivity index is 1.37. The van der Waals surface area contributed by atoms with E-state index in [0.29, 0.717) is 29.8 Å². The minimum atomic E-state index is -0.881. The second-order valence-corrected chi connectivity index (χ2v) is 8.78. The molecule has 3 aromatic rings. The summed E-state index contributed by atoms with van der Waals surface area (Å²) in [6.07, 6.45) is 0.826. The van der Waals surface area contributed by atoms with E-state index < -0.39 is 23.8 Å². The Morgan fingerprint density at radius 2 is 1.80 bits per heavy atom. The summed E-state index contributed by atoms with van der Waals surface area (Å²) in [5.74, 6) is -1.43. The van der Waals surface area contributed by atoms with Crippen LogP contribution in [0.2, 0.25) is 0 Å². The number of allylic oxidation sites excluding steroid dienone is 1. The molecule has 0 radical (unpaired) electrons. The van der Waals surface area contributed by atoms with Crippen molar-refractivity contribution >= 4 is 40.2 Å². The maximum absolute atomic E-state index is 13.3. The summed E-state index contributed by atoms with van der Waals surface area (Å²) >= 11 is 0. The SMILES string of the molecule is C=C1CCC(N2C(=O)c3cccc(CN(C)C(=O)Nc4cccc5ccccc45)c3C2=O)C(=O)N1. The summed E-state index contributed by atoms with van der Waals surface area (Å²) in [6, 6.07) is 17.2. The zero-order valence-corrected chi connectivity index (χ0v) is 19.2. The quantitative estimate of drug-likeness (QED) is 0.568. The average Bonchev–Trinajstić information content (AvgIpc) is 3.10. The maximum Gasteiger partial charge on any atom is 0.321 e. The predicted molar refractivity (Wildman–Crippen MR) is 132 cm³/mol. The van der Waals surface area contributed by atoms with Crippen molar-refractivity contribution in [2.75, 3.05) is 12.4 Å². The molecule has 2 aliphatic rings. The number of anilines is 1. The van der Waals surface area contributed by atoms with Gasteiger partial charge in [0.25, 0.3) is 11.8 Å². The van der Waals surface area contributed by atoms with Gasteiger partial charge in [-0.3, -0.25) is 19.3 Å². The van der Waals surface area contributed by atoms with Crippen LogP contribution >= 0.6 is 0 Å². The average molecular weight is 469 g/mol. The topological polar surface area (TPSA) is 98.8 Å². The van der Waals surface area contributed by atoms with Gasteiger partial charge in [0, 0.05) is 24.7 Å². The van der Waals surface area contributed by atoms with Crippen molar-refractivity contribution in [1.29, 1.82) is 0 Å². The molecule has 2 N–H and O–H groups in total. The number of nitrogens with zero attached hydrogens (tertiary/aromatic N) is 2. The van der Waals surface area contributed by atoms with Crippen LogP contribution in [0.25, 0.3) is 10.8 Å². The zero-order valence-electron chi connectivity index (χ0n) is 19.2. The first-order valence-corrected chi connectivity index (χ1v) is 11.3. The van der Waals surface area contributed by atoms with Crippen LogP contribution in [0.15, 0.2) is 72.9 Å². The number of urea groups is 1. The molecular formula is C27H24N4O4. The molecule has 1 atom stereocenters. The van der Waals surface area contributed by atoms with Crippen molar-refractivity contribution in [3.05, 3.63) is 89.6 Å². The van der Waals surface area contributed by atoms with Crippen molar-refractivity contribution in [3.63, 3.8) is 0 Å². The third kappa shape index (κ3) is 3.93. The third-order valence-electron chi connectivity index (χ3n) is 6.45. The Morgan fingerprint density at radius 3 is 2.60 bits per heavy atom. The van der Waals surface area contributed by atoms with Gasteiger partial charge in [0.1, 0.15) is 6.04 Å². The molecule has 2 heterocycles. The molecule has 2 aliphatic heterocycles. The van der Waals surface area contributed by atoms with Crippen LogP contribution in [-0.2, 0) is 11.3 Å². The molecule has 1 saturated heterocycles. The molecule has 176 valence electrons. The normalized spacial score (nSPS) is 17.4. The second kappa shape index (κ2) is 8.72. The van der Waals surface area contributed by atoms with E-state index in [1.54, 1.807) is 25.2 Å². The van der Waals surface area contributed by atoms with Gasteiger partial charge in [-0.05, 0) is 35.9 Å². The largest absolute Gasteiger partial charge is 0.329 e. The number of fused-ring (bicyclic) bond motifs is 2. The molecule has 8 nitrogen and oxygen atoms in total. The number of carbonyl (C=O) groups is 4. The highest BCUT2D eigenvalue weighted by molar-refractivity contribution is 6.23. The third-order valence-corrected chi connectivity index (χ3v) is 6.45. The van der Waals surface area contributed by atoms with Gasteiger partial charge in [0.05, 0.1) is 16.8 Å². The lowest BCUT2D eigenvalue weighted by molar-refractivity contribution is -0.125. The first-order valence-electron chi connectivity index (χ1n) is 11.3. The summed E-state index contributed by atoms with van der Waals surface area (Å²) in [7, 11) is 1.62. The lowest BCUT2D eigenvalue weighted by Gasteiger charge is -2.29. The molecule has 35 heavy (non-hydrogen) atoms. The van der Waals surface area contributed by atoms with E-state index in [1.165, 1.54) is 4.90 Å². The van der Waals surface area contributed by atoms with Gasteiger partial charge in [0.2, 0.25) is 5.91 Å². The van der Waals surface area contributed by atoms with Crippen LogP contribution in [0.1, 0.15) is 39.1 Å². The molecule has 1 fully saturated rings. The molecule has 5 rings (SSSR count). The van der Waals surface area contributed by atoms with Gasteiger partial charge in [-0.2, -0.15) is 0 Å². The lowest BCUT2D eigenvalue weighted by Crippen LogP contribution is -2.51. The van der Waals surface area contributed by atoms with Crippen molar-refractivity contribution in [3.8, 4) is 0 Å². The summed E-state index contributed by atoms with van der Waals surface area (Å²) < 4.78 is 0. The van der Waals surface area contributed by atoms with E-state index >= 15 is 0 Å². The number of piperidine rings is 1. The number of hydrogen-bond donors (Lipinski definition) is 2. The Kier molecular flexibility index (Phi) is 5.56. The highest BCUT2D eigenvalue weighted by atomic mass is 16.2. The zero-order chi connectivity index (χ0) is 24.7. The van der Waals surface area contributed by atoms with Crippen LogP contribution in [0.4, 0.5) is 10.5 Å². The van der Waals surface area contributed by atoms with Crippen LogP contribution in [0, 0.1) is 0 Å². The van der Waals surface area contributed by atoms with Crippen LogP contribution in [-0.4, -0.2) is 46.6 Å². The van der Waals surface area contributed by atoms with Gasteiger partial charge in [-0.1, -0.05) is 55.1 Å². The first-order chi connectivity index (χ1) is 16.8. The number of rotatable bonds is 4. The predicted octanol–water partition coefficient (Wildman–Crippen LogP) is 3.89. The lowest BCUT2D eigenvalue weighted by atomic mass is 10.0. The molecule has 0 saturated carbocycles. The standard InChI is InChI=1S/C27H24N4O4/c1-16-13-14-22(24(32)28-16)31-25(33)20-11-5-9-18(23(20)26(31)34)15-30(2)27(35)29-21-12-6-8-17-7-3-4-10-19(17)21/h3-12,22H,1,13-15H2,2H3,(H,28,32)(H,29,35). The van der Waals surface area contributed by atoms with Crippen molar-refractivity contribution < 1.29 is 19.2 Å². The molecule has 8 heteroatoms. The van der Waals surface area contributed by atoms with Gasteiger partial charge < -0.3 is 15.5 Å². The molecule has 0 bridgehead atoms. The Labute approximate surface area is 202 Å². The second-order valence-electron chi connectivity index (χ2n) is 8.78. The number of hydrogen-bond acceptors (Lipinski definition) is 4.